The van der Waals surface area contributed by atoms with Gasteiger partial charge in [0.2, 0.25) is 0 Å². The highest BCUT2D eigenvalue weighted by atomic mass is 16.5. The lowest BCUT2D eigenvalue weighted by Crippen LogP contribution is -2.30. The Morgan fingerprint density at radius 2 is 1.69 bits per heavy atom. The van der Waals surface area contributed by atoms with Crippen LogP contribution in [0.1, 0.15) is 34.3 Å². The first-order valence-corrected chi connectivity index (χ1v) is 9.64. The summed E-state index contributed by atoms with van der Waals surface area (Å²) in [6.07, 6.45) is 2.59. The maximum absolute atomic E-state index is 13.2. The fraction of sp³-hybridized carbons (Fsp3) is 0.167. The van der Waals surface area contributed by atoms with Gasteiger partial charge in [0.25, 0.3) is 5.91 Å². The third-order valence-corrected chi connectivity index (χ3v) is 4.81. The van der Waals surface area contributed by atoms with Crippen molar-refractivity contribution < 1.29 is 13.7 Å². The van der Waals surface area contributed by atoms with E-state index in [0.29, 0.717) is 18.8 Å². The maximum Gasteiger partial charge on any atom is 0.276 e. The van der Waals surface area contributed by atoms with Gasteiger partial charge in [-0.2, -0.15) is 0 Å². The minimum atomic E-state index is -0.202. The average Bonchev–Trinajstić information content (AvgIpc) is 3.46. The molecule has 5 nitrogen and oxygen atoms in total. The highest BCUT2D eigenvalue weighted by molar-refractivity contribution is 5.93. The normalized spacial score (nSPS) is 10.8. The predicted molar refractivity (Wildman–Crippen MR) is 110 cm³/mol. The molecule has 0 bridgehead atoms. The van der Waals surface area contributed by atoms with Gasteiger partial charge in [-0.15, -0.1) is 0 Å². The van der Waals surface area contributed by atoms with Crippen molar-refractivity contribution in [2.75, 3.05) is 0 Å². The number of hydrogen-bond donors (Lipinski definition) is 0. The molecule has 0 N–H and O–H groups in total. The zero-order valence-corrected chi connectivity index (χ0v) is 16.2. The molecule has 0 saturated heterocycles. The Hall–Kier alpha value is -3.60. The van der Waals surface area contributed by atoms with E-state index in [1.165, 1.54) is 5.56 Å². The van der Waals surface area contributed by atoms with Crippen molar-refractivity contribution in [3.05, 3.63) is 102 Å². The Balaban J connectivity index is 1.58. The highest BCUT2D eigenvalue weighted by Crippen LogP contribution is 2.22. The van der Waals surface area contributed by atoms with Crippen molar-refractivity contribution in [3.8, 4) is 11.3 Å². The lowest BCUT2D eigenvalue weighted by Gasteiger charge is -2.21. The summed E-state index contributed by atoms with van der Waals surface area (Å²) in [4.78, 5) is 14.9. The standard InChI is InChI=1S/C24H22N2O3/c1-2-18-10-12-19(13-11-18)16-26(17-21-9-6-14-28-21)24(27)22-15-23(29-25-22)20-7-4-3-5-8-20/h3-15H,2,16-17H2,1H3. The summed E-state index contributed by atoms with van der Waals surface area (Å²) in [5.74, 6) is 1.08. The SMILES string of the molecule is CCc1ccc(CN(Cc2ccco2)C(=O)c2cc(-c3ccccc3)on2)cc1. The highest BCUT2D eigenvalue weighted by Gasteiger charge is 2.22. The third-order valence-electron chi connectivity index (χ3n) is 4.81. The van der Waals surface area contributed by atoms with Crippen molar-refractivity contribution in [2.45, 2.75) is 26.4 Å². The van der Waals surface area contributed by atoms with E-state index >= 15 is 0 Å². The Morgan fingerprint density at radius 3 is 2.38 bits per heavy atom. The number of aryl methyl sites for hydroxylation is 1. The Bertz CT molecular complexity index is 1050. The molecular formula is C24H22N2O3. The van der Waals surface area contributed by atoms with Gasteiger partial charge in [-0.1, -0.05) is 66.7 Å². The number of amides is 1. The number of benzene rings is 2. The van der Waals surface area contributed by atoms with Crippen LogP contribution in [0.4, 0.5) is 0 Å². The number of carbonyl (C=O) groups is 1. The van der Waals surface area contributed by atoms with Gasteiger partial charge in [-0.25, -0.2) is 0 Å². The molecule has 0 radical (unpaired) electrons. The molecule has 29 heavy (non-hydrogen) atoms. The Morgan fingerprint density at radius 1 is 0.931 bits per heavy atom. The van der Waals surface area contributed by atoms with Gasteiger partial charge >= 0.3 is 0 Å². The Labute approximate surface area is 169 Å². The van der Waals surface area contributed by atoms with Crippen LogP contribution in [0.5, 0.6) is 0 Å². The number of aromatic nitrogens is 1. The van der Waals surface area contributed by atoms with E-state index in [4.69, 9.17) is 8.94 Å². The van der Waals surface area contributed by atoms with E-state index < -0.39 is 0 Å². The lowest BCUT2D eigenvalue weighted by molar-refractivity contribution is 0.0707. The molecule has 0 aliphatic carbocycles. The van der Waals surface area contributed by atoms with Crippen LogP contribution in [0.25, 0.3) is 11.3 Å². The number of rotatable bonds is 7. The number of furan rings is 1. The maximum atomic E-state index is 13.2. The molecular weight excluding hydrogens is 364 g/mol. The quantitative estimate of drug-likeness (QED) is 0.430. The second-order valence-electron chi connectivity index (χ2n) is 6.85. The summed E-state index contributed by atoms with van der Waals surface area (Å²) in [6, 6.07) is 23.3. The summed E-state index contributed by atoms with van der Waals surface area (Å²) < 4.78 is 10.9. The van der Waals surface area contributed by atoms with Crippen LogP contribution in [0.15, 0.2) is 88.0 Å². The second-order valence-corrected chi connectivity index (χ2v) is 6.85. The van der Waals surface area contributed by atoms with Crippen LogP contribution < -0.4 is 0 Å². The smallest absolute Gasteiger partial charge is 0.276 e. The molecule has 4 rings (SSSR count). The molecule has 0 aliphatic heterocycles. The van der Waals surface area contributed by atoms with Gasteiger partial charge in [-0.3, -0.25) is 4.79 Å². The van der Waals surface area contributed by atoms with Crippen LogP contribution in [0, 0.1) is 0 Å². The number of hydrogen-bond acceptors (Lipinski definition) is 4. The van der Waals surface area contributed by atoms with E-state index in [9.17, 15) is 4.79 Å². The number of nitrogens with zero attached hydrogens (tertiary/aromatic N) is 2. The largest absolute Gasteiger partial charge is 0.467 e. The summed E-state index contributed by atoms with van der Waals surface area (Å²) >= 11 is 0. The van der Waals surface area contributed by atoms with Crippen molar-refractivity contribution in [2.24, 2.45) is 0 Å². The summed E-state index contributed by atoms with van der Waals surface area (Å²) in [7, 11) is 0. The summed E-state index contributed by atoms with van der Waals surface area (Å²) in [5.41, 5.74) is 3.47. The monoisotopic (exact) mass is 386 g/mol. The van der Waals surface area contributed by atoms with E-state index in [0.717, 1.165) is 23.3 Å². The molecule has 1 amide bonds. The zero-order chi connectivity index (χ0) is 20.1. The molecule has 2 aromatic carbocycles. The van der Waals surface area contributed by atoms with Crippen LogP contribution in [0.2, 0.25) is 0 Å². The molecule has 5 heteroatoms. The predicted octanol–water partition coefficient (Wildman–Crippen LogP) is 5.34. The van der Waals surface area contributed by atoms with Crippen LogP contribution in [-0.2, 0) is 19.5 Å². The van der Waals surface area contributed by atoms with Crippen molar-refractivity contribution >= 4 is 5.91 Å². The molecule has 2 aromatic heterocycles. The van der Waals surface area contributed by atoms with E-state index in [1.54, 1.807) is 17.2 Å². The summed E-state index contributed by atoms with van der Waals surface area (Å²) in [6.45, 7) is 2.93. The van der Waals surface area contributed by atoms with Gasteiger partial charge < -0.3 is 13.8 Å². The molecule has 0 spiro atoms. The lowest BCUT2D eigenvalue weighted by atomic mass is 10.1. The first-order valence-electron chi connectivity index (χ1n) is 9.64. The molecule has 0 atom stereocenters. The zero-order valence-electron chi connectivity index (χ0n) is 16.2. The van der Waals surface area contributed by atoms with Gasteiger partial charge in [0.05, 0.1) is 12.8 Å². The van der Waals surface area contributed by atoms with E-state index in [2.05, 4.69) is 36.3 Å². The fourth-order valence-electron chi connectivity index (χ4n) is 3.17. The first-order chi connectivity index (χ1) is 14.2. The molecule has 0 saturated carbocycles. The molecule has 0 aliphatic rings. The van der Waals surface area contributed by atoms with Crippen LogP contribution in [0.3, 0.4) is 0 Å². The van der Waals surface area contributed by atoms with Crippen LogP contribution in [-0.4, -0.2) is 16.0 Å². The van der Waals surface area contributed by atoms with Gasteiger partial charge in [0.15, 0.2) is 11.5 Å². The molecule has 0 fully saturated rings. The third kappa shape index (κ3) is 4.46. The average molecular weight is 386 g/mol. The minimum absolute atomic E-state index is 0.202. The molecule has 2 heterocycles. The Kier molecular flexibility index (Phi) is 5.56. The van der Waals surface area contributed by atoms with Crippen molar-refractivity contribution in [1.29, 1.82) is 0 Å². The van der Waals surface area contributed by atoms with Gasteiger partial charge in [-0.05, 0) is 29.7 Å². The van der Waals surface area contributed by atoms with Crippen LogP contribution >= 0.6 is 0 Å². The molecule has 146 valence electrons. The molecule has 0 unspecified atom stereocenters. The fourth-order valence-corrected chi connectivity index (χ4v) is 3.17. The van der Waals surface area contributed by atoms with Crippen molar-refractivity contribution in [3.63, 3.8) is 0 Å². The minimum Gasteiger partial charge on any atom is -0.467 e. The van der Waals surface area contributed by atoms with E-state index in [1.807, 2.05) is 42.5 Å². The topological polar surface area (TPSA) is 59.5 Å². The van der Waals surface area contributed by atoms with Gasteiger partial charge in [0.1, 0.15) is 5.76 Å². The first kappa shape index (κ1) is 18.7. The van der Waals surface area contributed by atoms with Gasteiger partial charge in [0, 0.05) is 18.2 Å². The van der Waals surface area contributed by atoms with Crippen molar-refractivity contribution in [1.82, 2.24) is 10.1 Å². The second kappa shape index (κ2) is 8.61. The number of carbonyl (C=O) groups excluding carboxylic acids is 1. The van der Waals surface area contributed by atoms with E-state index in [-0.39, 0.29) is 11.6 Å². The summed E-state index contributed by atoms with van der Waals surface area (Å²) in [5, 5.41) is 4.01. The molecule has 4 aromatic rings.